The molecule has 0 unspecified atom stereocenters. The Balaban J connectivity index is 2.34. The predicted molar refractivity (Wildman–Crippen MR) is 65.4 cm³/mol. The molecule has 4 nitrogen and oxygen atoms in total. The number of pyridine rings is 1. The number of hydrogen-bond acceptors (Lipinski definition) is 3. The molecule has 0 atom stereocenters. The SMILES string of the molecule is O=C(O)c1ccncc1Oc1ccc(F)c(Br)c1. The number of aromatic carboxylic acids is 1. The van der Waals surface area contributed by atoms with Gasteiger partial charge in [0, 0.05) is 6.20 Å². The fourth-order valence-electron chi connectivity index (χ4n) is 1.31. The first-order valence-electron chi connectivity index (χ1n) is 4.88. The molecule has 1 heterocycles. The van der Waals surface area contributed by atoms with Crippen molar-refractivity contribution in [2.24, 2.45) is 0 Å². The van der Waals surface area contributed by atoms with Gasteiger partial charge in [-0.15, -0.1) is 0 Å². The van der Waals surface area contributed by atoms with Gasteiger partial charge in [-0.05, 0) is 40.2 Å². The average molecular weight is 312 g/mol. The number of hydrogen-bond donors (Lipinski definition) is 1. The fraction of sp³-hybridized carbons (Fsp3) is 0. The second kappa shape index (κ2) is 5.14. The Kier molecular flexibility index (Phi) is 3.57. The van der Waals surface area contributed by atoms with E-state index >= 15 is 0 Å². The van der Waals surface area contributed by atoms with Gasteiger partial charge in [0.1, 0.15) is 17.1 Å². The van der Waals surface area contributed by atoms with Gasteiger partial charge in [0.25, 0.3) is 0 Å². The van der Waals surface area contributed by atoms with Crippen LogP contribution >= 0.6 is 15.9 Å². The molecule has 6 heteroatoms. The number of aromatic nitrogens is 1. The number of nitrogens with zero attached hydrogens (tertiary/aromatic N) is 1. The van der Waals surface area contributed by atoms with Crippen molar-refractivity contribution in [1.82, 2.24) is 4.98 Å². The van der Waals surface area contributed by atoms with Crippen LogP contribution in [0.4, 0.5) is 4.39 Å². The summed E-state index contributed by atoms with van der Waals surface area (Å²) in [6, 6.07) is 5.36. The quantitative estimate of drug-likeness (QED) is 0.943. The van der Waals surface area contributed by atoms with Crippen molar-refractivity contribution in [2.75, 3.05) is 0 Å². The van der Waals surface area contributed by atoms with E-state index in [-0.39, 0.29) is 15.8 Å². The lowest BCUT2D eigenvalue weighted by Gasteiger charge is -2.08. The van der Waals surface area contributed by atoms with E-state index in [9.17, 15) is 9.18 Å². The molecule has 2 rings (SSSR count). The van der Waals surface area contributed by atoms with Gasteiger partial charge in [-0.2, -0.15) is 0 Å². The van der Waals surface area contributed by atoms with Gasteiger partial charge in [-0.3, -0.25) is 4.98 Å². The standard InChI is InChI=1S/C12H7BrFNO3/c13-9-5-7(1-2-10(9)14)18-11-6-15-4-3-8(11)12(16)17/h1-6H,(H,16,17). The van der Waals surface area contributed by atoms with E-state index in [0.29, 0.717) is 5.75 Å². The minimum absolute atomic E-state index is 0.00884. The van der Waals surface area contributed by atoms with Crippen LogP contribution < -0.4 is 4.74 Å². The maximum absolute atomic E-state index is 13.0. The summed E-state index contributed by atoms with van der Waals surface area (Å²) >= 11 is 3.02. The van der Waals surface area contributed by atoms with E-state index in [1.165, 1.54) is 36.7 Å². The summed E-state index contributed by atoms with van der Waals surface area (Å²) < 4.78 is 18.6. The Hall–Kier alpha value is -1.95. The highest BCUT2D eigenvalue weighted by molar-refractivity contribution is 9.10. The monoisotopic (exact) mass is 311 g/mol. The van der Waals surface area contributed by atoms with Crippen LogP contribution in [0.25, 0.3) is 0 Å². The minimum Gasteiger partial charge on any atom is -0.478 e. The van der Waals surface area contributed by atoms with Crippen LogP contribution in [0.15, 0.2) is 41.1 Å². The van der Waals surface area contributed by atoms with Crippen molar-refractivity contribution in [2.45, 2.75) is 0 Å². The van der Waals surface area contributed by atoms with E-state index in [1.807, 2.05) is 0 Å². The highest BCUT2D eigenvalue weighted by Crippen LogP contribution is 2.27. The maximum Gasteiger partial charge on any atom is 0.339 e. The molecular formula is C12H7BrFNO3. The molecule has 92 valence electrons. The van der Waals surface area contributed by atoms with Crippen LogP contribution in [0.1, 0.15) is 10.4 Å². The second-order valence-electron chi connectivity index (χ2n) is 3.35. The highest BCUT2D eigenvalue weighted by Gasteiger charge is 2.12. The summed E-state index contributed by atoms with van der Waals surface area (Å²) in [6.07, 6.45) is 2.65. The van der Waals surface area contributed by atoms with E-state index in [0.717, 1.165) is 0 Å². The summed E-state index contributed by atoms with van der Waals surface area (Å²) in [5.74, 6) is -1.12. The molecular weight excluding hydrogens is 305 g/mol. The maximum atomic E-state index is 13.0. The summed E-state index contributed by atoms with van der Waals surface area (Å²) in [7, 11) is 0. The summed E-state index contributed by atoms with van der Waals surface area (Å²) in [5.41, 5.74) is -0.00884. The van der Waals surface area contributed by atoms with Crippen molar-refractivity contribution in [3.8, 4) is 11.5 Å². The lowest BCUT2D eigenvalue weighted by molar-refractivity contribution is 0.0694. The molecule has 0 amide bonds. The molecule has 0 aliphatic carbocycles. The fourth-order valence-corrected chi connectivity index (χ4v) is 1.66. The van der Waals surface area contributed by atoms with Crippen molar-refractivity contribution in [1.29, 1.82) is 0 Å². The number of carbonyl (C=O) groups is 1. The van der Waals surface area contributed by atoms with Crippen LogP contribution in [0.3, 0.4) is 0 Å². The van der Waals surface area contributed by atoms with Crippen molar-refractivity contribution >= 4 is 21.9 Å². The van der Waals surface area contributed by atoms with Gasteiger partial charge in [0.15, 0.2) is 5.75 Å². The molecule has 1 aromatic heterocycles. The predicted octanol–water partition coefficient (Wildman–Crippen LogP) is 3.47. The number of ether oxygens (including phenoxy) is 1. The molecule has 2 aromatic rings. The summed E-state index contributed by atoms with van der Waals surface area (Å²) in [5, 5.41) is 8.97. The van der Waals surface area contributed by atoms with E-state index in [2.05, 4.69) is 20.9 Å². The average Bonchev–Trinajstić information content (AvgIpc) is 2.34. The van der Waals surface area contributed by atoms with Crippen LogP contribution in [-0.2, 0) is 0 Å². The topological polar surface area (TPSA) is 59.4 Å². The normalized spacial score (nSPS) is 10.1. The minimum atomic E-state index is -1.12. The van der Waals surface area contributed by atoms with E-state index in [4.69, 9.17) is 9.84 Å². The highest BCUT2D eigenvalue weighted by atomic mass is 79.9. The lowest BCUT2D eigenvalue weighted by atomic mass is 10.2. The zero-order valence-electron chi connectivity index (χ0n) is 8.93. The first-order chi connectivity index (χ1) is 8.58. The van der Waals surface area contributed by atoms with E-state index in [1.54, 1.807) is 0 Å². The lowest BCUT2D eigenvalue weighted by Crippen LogP contribution is -2.00. The van der Waals surface area contributed by atoms with Gasteiger partial charge in [0.05, 0.1) is 10.7 Å². The molecule has 0 saturated heterocycles. The molecule has 0 aliphatic heterocycles. The van der Waals surface area contributed by atoms with Crippen molar-refractivity contribution in [3.63, 3.8) is 0 Å². The van der Waals surface area contributed by atoms with Gasteiger partial charge in [-0.1, -0.05) is 0 Å². The Morgan fingerprint density at radius 1 is 1.39 bits per heavy atom. The Morgan fingerprint density at radius 2 is 2.17 bits per heavy atom. The third kappa shape index (κ3) is 2.65. The van der Waals surface area contributed by atoms with E-state index < -0.39 is 11.8 Å². The van der Waals surface area contributed by atoms with Gasteiger partial charge < -0.3 is 9.84 Å². The molecule has 0 saturated carbocycles. The smallest absolute Gasteiger partial charge is 0.339 e. The van der Waals surface area contributed by atoms with Crippen molar-refractivity contribution in [3.05, 3.63) is 52.5 Å². The van der Waals surface area contributed by atoms with Gasteiger partial charge >= 0.3 is 5.97 Å². The third-order valence-electron chi connectivity index (χ3n) is 2.13. The van der Waals surface area contributed by atoms with Crippen LogP contribution in [-0.4, -0.2) is 16.1 Å². The molecule has 0 aliphatic rings. The Bertz CT molecular complexity index is 604. The Labute approximate surface area is 110 Å². The number of carboxylic acid groups (broad SMARTS) is 1. The third-order valence-corrected chi connectivity index (χ3v) is 2.74. The summed E-state index contributed by atoms with van der Waals surface area (Å²) in [6.45, 7) is 0. The van der Waals surface area contributed by atoms with Crippen molar-refractivity contribution < 1.29 is 19.0 Å². The number of benzene rings is 1. The van der Waals surface area contributed by atoms with Crippen LogP contribution in [0, 0.1) is 5.82 Å². The largest absolute Gasteiger partial charge is 0.478 e. The Morgan fingerprint density at radius 3 is 2.83 bits per heavy atom. The molecule has 1 N–H and O–H groups in total. The molecule has 0 radical (unpaired) electrons. The zero-order chi connectivity index (χ0) is 13.1. The van der Waals surface area contributed by atoms with Gasteiger partial charge in [-0.25, -0.2) is 9.18 Å². The van der Waals surface area contributed by atoms with Crippen LogP contribution in [0.2, 0.25) is 0 Å². The van der Waals surface area contributed by atoms with Gasteiger partial charge in [0.2, 0.25) is 0 Å². The first-order valence-corrected chi connectivity index (χ1v) is 5.67. The molecule has 0 fully saturated rings. The second-order valence-corrected chi connectivity index (χ2v) is 4.21. The number of halogens is 2. The zero-order valence-corrected chi connectivity index (χ0v) is 10.5. The number of rotatable bonds is 3. The summed E-state index contributed by atoms with van der Waals surface area (Å²) in [4.78, 5) is 14.7. The first kappa shape index (κ1) is 12.5. The molecule has 18 heavy (non-hydrogen) atoms. The number of carboxylic acids is 1. The molecule has 0 spiro atoms. The van der Waals surface area contributed by atoms with Crippen LogP contribution in [0.5, 0.6) is 11.5 Å². The molecule has 0 bridgehead atoms. The molecule has 1 aromatic carbocycles.